The molecule has 4 rings (SSSR count). The van der Waals surface area contributed by atoms with Crippen molar-refractivity contribution in [2.24, 2.45) is 5.92 Å². The number of pyridine rings is 1. The van der Waals surface area contributed by atoms with Gasteiger partial charge in [0.1, 0.15) is 11.3 Å². The molecule has 4 N–H and O–H groups in total. The second kappa shape index (κ2) is 13.3. The van der Waals surface area contributed by atoms with Crippen LogP contribution < -0.4 is 15.8 Å². The number of nitrogen functional groups attached to an aromatic ring is 1. The molecule has 42 heavy (non-hydrogen) atoms. The van der Waals surface area contributed by atoms with Crippen LogP contribution >= 0.6 is 0 Å². The number of aromatic nitrogens is 2. The Morgan fingerprint density at radius 3 is 2.45 bits per heavy atom. The van der Waals surface area contributed by atoms with Gasteiger partial charge in [-0.1, -0.05) is 44.2 Å². The summed E-state index contributed by atoms with van der Waals surface area (Å²) in [5, 5.41) is 14.3. The zero-order valence-corrected chi connectivity index (χ0v) is 25.0. The molecular weight excluding hydrogens is 558 g/mol. The summed E-state index contributed by atoms with van der Waals surface area (Å²) in [5.74, 6) is 0.0799. The van der Waals surface area contributed by atoms with Crippen LogP contribution in [0.5, 0.6) is 5.75 Å². The number of hydrogen-bond donors (Lipinski definition) is 3. The number of aryl methyl sites for hydroxylation is 2. The molecule has 1 amide bonds. The van der Waals surface area contributed by atoms with Crippen LogP contribution in [-0.2, 0) is 21.2 Å². The van der Waals surface area contributed by atoms with E-state index < -0.39 is 28.1 Å². The zero-order valence-electron chi connectivity index (χ0n) is 24.1. The predicted octanol–water partition coefficient (Wildman–Crippen LogP) is 3.24. The standard InChI is InChI=1S/C30H37N5O6S/c1-19(2)16-35(42(38,39)23-10-11-24-27(13-23)41-30(31)34-24)17-26(36)25(12-22-8-6-5-7-9-22)33-28(37)18-40-29-20(3)14-32-15-21(29)4/h5-11,13-15,19,25-26,36H,12,16-18H2,1-4H3,(H2,31,34)(H,33,37). The van der Waals surface area contributed by atoms with Gasteiger partial charge in [0, 0.05) is 42.7 Å². The molecule has 0 spiro atoms. The van der Waals surface area contributed by atoms with Gasteiger partial charge in [0.25, 0.3) is 11.9 Å². The lowest BCUT2D eigenvalue weighted by molar-refractivity contribution is -0.124. The normalized spacial score (nSPS) is 13.4. The van der Waals surface area contributed by atoms with E-state index in [0.717, 1.165) is 16.7 Å². The second-order valence-electron chi connectivity index (χ2n) is 10.7. The van der Waals surface area contributed by atoms with Crippen LogP contribution in [-0.4, -0.2) is 65.5 Å². The lowest BCUT2D eigenvalue weighted by atomic mass is 10.0. The molecular formula is C30H37N5O6S. The number of carbonyl (C=O) groups excluding carboxylic acids is 1. The van der Waals surface area contributed by atoms with Gasteiger partial charge < -0.3 is 25.3 Å². The van der Waals surface area contributed by atoms with Crippen LogP contribution in [0.15, 0.2) is 70.2 Å². The molecule has 2 atom stereocenters. The number of ether oxygens (including phenoxy) is 1. The molecule has 224 valence electrons. The van der Waals surface area contributed by atoms with Crippen LogP contribution in [0.3, 0.4) is 0 Å². The Morgan fingerprint density at radius 2 is 1.79 bits per heavy atom. The number of hydrogen-bond acceptors (Lipinski definition) is 9. The highest BCUT2D eigenvalue weighted by molar-refractivity contribution is 7.89. The molecule has 0 aliphatic heterocycles. The van der Waals surface area contributed by atoms with Crippen LogP contribution in [0.1, 0.15) is 30.5 Å². The van der Waals surface area contributed by atoms with E-state index in [1.54, 1.807) is 12.4 Å². The number of nitrogens with one attached hydrogen (secondary N) is 1. The first-order valence-corrected chi connectivity index (χ1v) is 15.1. The number of amides is 1. The number of aliphatic hydroxyl groups is 1. The number of nitrogens with zero attached hydrogens (tertiary/aromatic N) is 3. The van der Waals surface area contributed by atoms with Gasteiger partial charge in [-0.3, -0.25) is 9.78 Å². The minimum absolute atomic E-state index is 0.0147. The Balaban J connectivity index is 1.56. The predicted molar refractivity (Wildman–Crippen MR) is 159 cm³/mol. The topological polar surface area (TPSA) is 161 Å². The van der Waals surface area contributed by atoms with Gasteiger partial charge in [0.2, 0.25) is 10.0 Å². The van der Waals surface area contributed by atoms with Crippen molar-refractivity contribution in [3.05, 3.63) is 77.6 Å². The molecule has 2 unspecified atom stereocenters. The molecule has 0 radical (unpaired) electrons. The van der Waals surface area contributed by atoms with Crippen molar-refractivity contribution in [2.75, 3.05) is 25.4 Å². The number of nitrogens with two attached hydrogens (primary N) is 1. The number of anilines is 1. The van der Waals surface area contributed by atoms with E-state index in [-0.39, 0.29) is 48.5 Å². The van der Waals surface area contributed by atoms with Crippen molar-refractivity contribution in [2.45, 2.75) is 51.2 Å². The lowest BCUT2D eigenvalue weighted by Gasteiger charge is -2.30. The fraction of sp³-hybridized carbons (Fsp3) is 0.367. The average molecular weight is 596 g/mol. The van der Waals surface area contributed by atoms with Crippen LogP contribution in [0, 0.1) is 19.8 Å². The van der Waals surface area contributed by atoms with Gasteiger partial charge >= 0.3 is 0 Å². The zero-order chi connectivity index (χ0) is 30.4. The Bertz CT molecular complexity index is 1600. The second-order valence-corrected chi connectivity index (χ2v) is 12.7. The fourth-order valence-electron chi connectivity index (χ4n) is 4.70. The van der Waals surface area contributed by atoms with Gasteiger partial charge in [0.15, 0.2) is 12.2 Å². The minimum atomic E-state index is -4.06. The summed E-state index contributed by atoms with van der Waals surface area (Å²) in [6.07, 6.45) is 2.35. The Morgan fingerprint density at radius 1 is 1.10 bits per heavy atom. The van der Waals surface area contributed by atoms with Crippen molar-refractivity contribution in [1.29, 1.82) is 0 Å². The smallest absolute Gasteiger partial charge is 0.292 e. The summed E-state index contributed by atoms with van der Waals surface area (Å²) in [7, 11) is -4.06. The van der Waals surface area contributed by atoms with Crippen LogP contribution in [0.25, 0.3) is 11.1 Å². The summed E-state index contributed by atoms with van der Waals surface area (Å²) >= 11 is 0. The quantitative estimate of drug-likeness (QED) is 0.211. The summed E-state index contributed by atoms with van der Waals surface area (Å²) < 4.78 is 39.9. The van der Waals surface area contributed by atoms with E-state index in [0.29, 0.717) is 11.3 Å². The Hall–Kier alpha value is -4.00. The first-order valence-electron chi connectivity index (χ1n) is 13.7. The van der Waals surface area contributed by atoms with Gasteiger partial charge in [-0.25, -0.2) is 8.42 Å². The maximum Gasteiger partial charge on any atom is 0.292 e. The Kier molecular flexibility index (Phi) is 9.81. The maximum atomic E-state index is 13.8. The van der Waals surface area contributed by atoms with E-state index in [1.165, 1.54) is 22.5 Å². The third-order valence-electron chi connectivity index (χ3n) is 6.68. The number of rotatable bonds is 13. The van der Waals surface area contributed by atoms with E-state index >= 15 is 0 Å². The first-order chi connectivity index (χ1) is 19.9. The van der Waals surface area contributed by atoms with E-state index in [1.807, 2.05) is 58.0 Å². The number of sulfonamides is 1. The molecule has 0 bridgehead atoms. The molecule has 2 heterocycles. The number of carbonyl (C=O) groups is 1. The number of oxazole rings is 1. The van der Waals surface area contributed by atoms with Gasteiger partial charge in [-0.05, 0) is 43.9 Å². The van der Waals surface area contributed by atoms with Crippen molar-refractivity contribution in [3.63, 3.8) is 0 Å². The molecule has 0 aliphatic rings. The molecule has 2 aromatic carbocycles. The van der Waals surface area contributed by atoms with Crippen molar-refractivity contribution < 1.29 is 27.5 Å². The molecule has 2 aromatic heterocycles. The molecule has 0 aliphatic carbocycles. The SMILES string of the molecule is Cc1cncc(C)c1OCC(=O)NC(Cc1ccccc1)C(O)CN(CC(C)C)S(=O)(=O)c1ccc2nc(N)oc2c1. The third-order valence-corrected chi connectivity index (χ3v) is 8.51. The van der Waals surface area contributed by atoms with Crippen molar-refractivity contribution >= 4 is 33.0 Å². The molecule has 0 saturated carbocycles. The first kappa shape index (κ1) is 30.9. The Labute approximate surface area is 245 Å². The average Bonchev–Trinajstić information content (AvgIpc) is 3.31. The largest absolute Gasteiger partial charge is 0.483 e. The van der Waals surface area contributed by atoms with E-state index in [9.17, 15) is 18.3 Å². The van der Waals surface area contributed by atoms with Gasteiger partial charge in [0.05, 0.1) is 17.0 Å². The minimum Gasteiger partial charge on any atom is -0.483 e. The summed E-state index contributed by atoms with van der Waals surface area (Å²) in [5.41, 5.74) is 8.77. The lowest BCUT2D eigenvalue weighted by Crippen LogP contribution is -2.52. The molecule has 0 fully saturated rings. The van der Waals surface area contributed by atoms with Crippen LogP contribution in [0.4, 0.5) is 6.01 Å². The molecule has 11 nitrogen and oxygen atoms in total. The molecule has 4 aromatic rings. The summed E-state index contributed by atoms with van der Waals surface area (Å²) in [6, 6.07) is 12.8. The number of benzene rings is 2. The van der Waals surface area contributed by atoms with Crippen LogP contribution in [0.2, 0.25) is 0 Å². The van der Waals surface area contributed by atoms with Gasteiger partial charge in [-0.15, -0.1) is 0 Å². The van der Waals surface area contributed by atoms with E-state index in [4.69, 9.17) is 14.9 Å². The number of aliphatic hydroxyl groups excluding tert-OH is 1. The third kappa shape index (κ3) is 7.64. The van der Waals surface area contributed by atoms with Gasteiger partial charge in [-0.2, -0.15) is 9.29 Å². The summed E-state index contributed by atoms with van der Waals surface area (Å²) in [6.45, 7) is 7.07. The van der Waals surface area contributed by atoms with E-state index in [2.05, 4.69) is 15.3 Å². The molecule has 12 heteroatoms. The fourth-order valence-corrected chi connectivity index (χ4v) is 6.34. The van der Waals surface area contributed by atoms with Crippen molar-refractivity contribution in [3.8, 4) is 5.75 Å². The maximum absolute atomic E-state index is 13.8. The highest BCUT2D eigenvalue weighted by atomic mass is 32.2. The monoisotopic (exact) mass is 595 g/mol. The highest BCUT2D eigenvalue weighted by Gasteiger charge is 2.32. The van der Waals surface area contributed by atoms with Crippen molar-refractivity contribution in [1.82, 2.24) is 19.6 Å². The number of fused-ring (bicyclic) bond motifs is 1. The molecule has 0 saturated heterocycles. The summed E-state index contributed by atoms with van der Waals surface area (Å²) in [4.78, 5) is 21.2. The highest BCUT2D eigenvalue weighted by Crippen LogP contribution is 2.25.